The number of nitrogens with zero attached hydrogens (tertiary/aromatic N) is 1. The summed E-state index contributed by atoms with van der Waals surface area (Å²) < 4.78 is 5.33. The maximum Gasteiger partial charge on any atom is 0.308 e. The third kappa shape index (κ3) is 2.39. The molecule has 0 radical (unpaired) electrons. The molecule has 5 heteroatoms. The molecule has 114 valence electrons. The van der Waals surface area contributed by atoms with Crippen molar-refractivity contribution >= 4 is 22.6 Å². The highest BCUT2D eigenvalue weighted by Crippen LogP contribution is 2.30. The van der Waals surface area contributed by atoms with Crippen LogP contribution in [0.25, 0.3) is 10.8 Å². The summed E-state index contributed by atoms with van der Waals surface area (Å²) in [6, 6.07) is 11.1. The first-order valence-electron chi connectivity index (χ1n) is 7.19. The number of carbonyl (C=O) groups is 2. The number of hydrogen-bond acceptors (Lipinski definition) is 3. The molecule has 1 fully saturated rings. The van der Waals surface area contributed by atoms with Gasteiger partial charge in [0.25, 0.3) is 5.91 Å². The predicted octanol–water partition coefficient (Wildman–Crippen LogP) is 2.40. The zero-order chi connectivity index (χ0) is 15.7. The number of carboxylic acids is 1. The molecule has 1 N–H and O–H groups in total. The van der Waals surface area contributed by atoms with E-state index in [4.69, 9.17) is 9.84 Å². The Bertz CT molecular complexity index is 741. The molecular weight excluding hydrogens is 282 g/mol. The molecule has 1 heterocycles. The summed E-state index contributed by atoms with van der Waals surface area (Å²) in [5.74, 6) is -0.706. The Labute approximate surface area is 128 Å². The van der Waals surface area contributed by atoms with E-state index in [1.165, 1.54) is 0 Å². The van der Waals surface area contributed by atoms with Gasteiger partial charge in [-0.3, -0.25) is 9.59 Å². The molecular formula is C17H17NO4. The first kappa shape index (κ1) is 14.4. The van der Waals surface area contributed by atoms with Crippen LogP contribution in [0, 0.1) is 5.92 Å². The predicted molar refractivity (Wildman–Crippen MR) is 82.1 cm³/mol. The zero-order valence-electron chi connectivity index (χ0n) is 12.3. The fourth-order valence-electron chi connectivity index (χ4n) is 2.95. The van der Waals surface area contributed by atoms with Crippen molar-refractivity contribution in [2.75, 3.05) is 20.2 Å². The second-order valence-corrected chi connectivity index (χ2v) is 5.44. The second-order valence-electron chi connectivity index (χ2n) is 5.44. The van der Waals surface area contributed by atoms with Gasteiger partial charge in [0.1, 0.15) is 5.75 Å². The van der Waals surface area contributed by atoms with Crippen molar-refractivity contribution in [2.45, 2.75) is 6.42 Å². The third-order valence-corrected chi connectivity index (χ3v) is 4.16. The average molecular weight is 299 g/mol. The van der Waals surface area contributed by atoms with Gasteiger partial charge in [-0.15, -0.1) is 0 Å². The Balaban J connectivity index is 1.97. The van der Waals surface area contributed by atoms with Crippen molar-refractivity contribution in [2.24, 2.45) is 5.92 Å². The summed E-state index contributed by atoms with van der Waals surface area (Å²) in [7, 11) is 1.60. The zero-order valence-corrected chi connectivity index (χ0v) is 12.3. The van der Waals surface area contributed by atoms with Gasteiger partial charge < -0.3 is 14.7 Å². The van der Waals surface area contributed by atoms with Crippen LogP contribution in [0.2, 0.25) is 0 Å². The number of benzene rings is 2. The molecule has 1 amide bonds. The number of rotatable bonds is 3. The van der Waals surface area contributed by atoms with Gasteiger partial charge in [0.2, 0.25) is 0 Å². The minimum atomic E-state index is -0.838. The van der Waals surface area contributed by atoms with Crippen LogP contribution in [0.5, 0.6) is 5.75 Å². The van der Waals surface area contributed by atoms with E-state index in [0.717, 1.165) is 16.5 Å². The van der Waals surface area contributed by atoms with Crippen LogP contribution in [-0.2, 0) is 4.79 Å². The monoisotopic (exact) mass is 299 g/mol. The fourth-order valence-corrected chi connectivity index (χ4v) is 2.95. The molecule has 0 aliphatic carbocycles. The summed E-state index contributed by atoms with van der Waals surface area (Å²) in [5, 5.41) is 10.8. The van der Waals surface area contributed by atoms with Crippen LogP contribution in [0.15, 0.2) is 36.4 Å². The van der Waals surface area contributed by atoms with Crippen LogP contribution in [-0.4, -0.2) is 42.1 Å². The van der Waals surface area contributed by atoms with Crippen LogP contribution in [0.1, 0.15) is 16.8 Å². The molecule has 1 atom stereocenters. The Morgan fingerprint density at radius 1 is 1.18 bits per heavy atom. The molecule has 1 aliphatic rings. The van der Waals surface area contributed by atoms with Gasteiger partial charge >= 0.3 is 5.97 Å². The molecule has 2 aromatic carbocycles. The molecule has 1 aliphatic heterocycles. The normalized spacial score (nSPS) is 17.7. The van der Waals surface area contributed by atoms with E-state index in [9.17, 15) is 9.59 Å². The Kier molecular flexibility index (Phi) is 3.71. The molecule has 0 spiro atoms. The molecule has 0 saturated carbocycles. The van der Waals surface area contributed by atoms with Crippen LogP contribution in [0.3, 0.4) is 0 Å². The summed E-state index contributed by atoms with van der Waals surface area (Å²) in [4.78, 5) is 25.4. The molecule has 0 aromatic heterocycles. The van der Waals surface area contributed by atoms with Crippen LogP contribution >= 0.6 is 0 Å². The summed E-state index contributed by atoms with van der Waals surface area (Å²) >= 11 is 0. The van der Waals surface area contributed by atoms with E-state index in [2.05, 4.69) is 0 Å². The van der Waals surface area contributed by atoms with E-state index in [1.807, 2.05) is 24.3 Å². The number of aliphatic carboxylic acids is 1. The molecule has 3 rings (SSSR count). The number of fused-ring (bicyclic) bond motifs is 1. The Morgan fingerprint density at radius 2 is 1.91 bits per heavy atom. The minimum absolute atomic E-state index is 0.123. The molecule has 5 nitrogen and oxygen atoms in total. The van der Waals surface area contributed by atoms with Gasteiger partial charge in [0.05, 0.1) is 13.0 Å². The molecule has 1 unspecified atom stereocenters. The molecule has 0 bridgehead atoms. The maximum atomic E-state index is 12.7. The smallest absolute Gasteiger partial charge is 0.308 e. The number of methoxy groups -OCH3 is 1. The molecule has 22 heavy (non-hydrogen) atoms. The number of likely N-dealkylation sites (tertiary alicyclic amines) is 1. The molecule has 1 saturated heterocycles. The maximum absolute atomic E-state index is 12.7. The highest BCUT2D eigenvalue weighted by atomic mass is 16.5. The quantitative estimate of drug-likeness (QED) is 0.945. The lowest BCUT2D eigenvalue weighted by Crippen LogP contribution is -2.30. The van der Waals surface area contributed by atoms with Gasteiger partial charge in [0, 0.05) is 24.0 Å². The van der Waals surface area contributed by atoms with Crippen LogP contribution < -0.4 is 4.74 Å². The van der Waals surface area contributed by atoms with E-state index >= 15 is 0 Å². The van der Waals surface area contributed by atoms with Crippen molar-refractivity contribution in [3.63, 3.8) is 0 Å². The van der Waals surface area contributed by atoms with Gasteiger partial charge in [-0.2, -0.15) is 0 Å². The number of carbonyl (C=O) groups excluding carboxylic acids is 1. The average Bonchev–Trinajstić information content (AvgIpc) is 3.03. The number of amides is 1. The first-order chi connectivity index (χ1) is 10.6. The van der Waals surface area contributed by atoms with Crippen molar-refractivity contribution in [3.8, 4) is 5.75 Å². The van der Waals surface area contributed by atoms with E-state index in [0.29, 0.717) is 18.5 Å². The number of hydrogen-bond donors (Lipinski definition) is 1. The number of carboxylic acid groups (broad SMARTS) is 1. The van der Waals surface area contributed by atoms with Gasteiger partial charge in [0.15, 0.2) is 0 Å². The topological polar surface area (TPSA) is 66.8 Å². The van der Waals surface area contributed by atoms with Crippen molar-refractivity contribution in [1.29, 1.82) is 0 Å². The number of ether oxygens (including phenoxy) is 1. The SMILES string of the molecule is COc1ccc(C(=O)N2CCC(C(=O)O)C2)c2ccccc12. The van der Waals surface area contributed by atoms with Gasteiger partial charge in [-0.25, -0.2) is 0 Å². The van der Waals surface area contributed by atoms with Crippen molar-refractivity contribution in [3.05, 3.63) is 42.0 Å². The largest absolute Gasteiger partial charge is 0.496 e. The van der Waals surface area contributed by atoms with E-state index in [1.54, 1.807) is 24.1 Å². The summed E-state index contributed by atoms with van der Waals surface area (Å²) in [5.41, 5.74) is 0.586. The lowest BCUT2D eigenvalue weighted by atomic mass is 10.0. The highest BCUT2D eigenvalue weighted by Gasteiger charge is 2.31. The first-order valence-corrected chi connectivity index (χ1v) is 7.19. The van der Waals surface area contributed by atoms with E-state index in [-0.39, 0.29) is 12.5 Å². The van der Waals surface area contributed by atoms with E-state index < -0.39 is 11.9 Å². The Morgan fingerprint density at radius 3 is 2.55 bits per heavy atom. The Hall–Kier alpha value is -2.56. The summed E-state index contributed by atoms with van der Waals surface area (Å²) in [6.07, 6.45) is 0.509. The minimum Gasteiger partial charge on any atom is -0.496 e. The second kappa shape index (κ2) is 5.67. The fraction of sp³-hybridized carbons (Fsp3) is 0.294. The summed E-state index contributed by atoms with van der Waals surface area (Å²) in [6.45, 7) is 0.755. The molecule has 2 aromatic rings. The van der Waals surface area contributed by atoms with Gasteiger partial charge in [-0.1, -0.05) is 24.3 Å². The highest BCUT2D eigenvalue weighted by molar-refractivity contribution is 6.08. The van der Waals surface area contributed by atoms with Crippen molar-refractivity contribution in [1.82, 2.24) is 4.90 Å². The van der Waals surface area contributed by atoms with Gasteiger partial charge in [-0.05, 0) is 23.9 Å². The third-order valence-electron chi connectivity index (χ3n) is 4.16. The lowest BCUT2D eigenvalue weighted by Gasteiger charge is -2.18. The van der Waals surface area contributed by atoms with Crippen LogP contribution in [0.4, 0.5) is 0 Å². The standard InChI is InChI=1S/C17H17NO4/c1-22-15-7-6-14(12-4-2-3-5-13(12)15)16(19)18-9-8-11(10-18)17(20)21/h2-7,11H,8-10H2,1H3,(H,20,21). The lowest BCUT2D eigenvalue weighted by molar-refractivity contribution is -0.141. The van der Waals surface area contributed by atoms with Crippen molar-refractivity contribution < 1.29 is 19.4 Å².